The normalized spacial score (nSPS) is 12.2. The van der Waals surface area contributed by atoms with Crippen LogP contribution in [-0.2, 0) is 4.79 Å². The first kappa shape index (κ1) is 17.0. The number of oxazole rings is 1. The van der Waals surface area contributed by atoms with E-state index in [1.807, 2.05) is 0 Å². The van der Waals surface area contributed by atoms with Crippen LogP contribution in [0.1, 0.15) is 25.5 Å². The summed E-state index contributed by atoms with van der Waals surface area (Å²) >= 11 is 5.79. The van der Waals surface area contributed by atoms with Gasteiger partial charge in [0.05, 0.1) is 16.6 Å². The van der Waals surface area contributed by atoms with Crippen molar-refractivity contribution in [3.8, 4) is 0 Å². The molecule has 2 aromatic heterocycles. The van der Waals surface area contributed by atoms with Crippen molar-refractivity contribution in [1.82, 2.24) is 9.97 Å². The minimum atomic E-state index is -0.603. The van der Waals surface area contributed by atoms with Crippen LogP contribution >= 0.6 is 11.6 Å². The third kappa shape index (κ3) is 3.63. The van der Waals surface area contributed by atoms with Crippen molar-refractivity contribution < 1.29 is 13.6 Å². The van der Waals surface area contributed by atoms with Crippen LogP contribution in [0.3, 0.4) is 0 Å². The van der Waals surface area contributed by atoms with Crippen LogP contribution in [0.5, 0.6) is 0 Å². The van der Waals surface area contributed by atoms with Gasteiger partial charge in [-0.05, 0) is 25.1 Å². The number of aromatic nitrogens is 2. The highest BCUT2D eigenvalue weighted by Gasteiger charge is 2.15. The molecule has 7 nitrogen and oxygen atoms in total. The monoisotopic (exact) mass is 364 g/mol. The molecule has 0 radical (unpaired) electrons. The molecule has 3 aromatic rings. The van der Waals surface area contributed by atoms with Gasteiger partial charge in [0.2, 0.25) is 5.91 Å². The van der Waals surface area contributed by atoms with Gasteiger partial charge in [-0.15, -0.1) is 0 Å². The lowest BCUT2D eigenvalue weighted by Gasteiger charge is -2.12. The maximum Gasteiger partial charge on any atom is 0.297 e. The maximum absolute atomic E-state index is 13.5. The van der Waals surface area contributed by atoms with Gasteiger partial charge in [0.1, 0.15) is 12.1 Å². The fraction of sp³-hybridized carbons (Fsp3) is 0.188. The highest BCUT2D eigenvalue weighted by atomic mass is 35.5. The van der Waals surface area contributed by atoms with E-state index in [-0.39, 0.29) is 28.3 Å². The van der Waals surface area contributed by atoms with Gasteiger partial charge in [-0.25, -0.2) is 4.39 Å². The maximum atomic E-state index is 13.5. The van der Waals surface area contributed by atoms with E-state index in [4.69, 9.17) is 16.0 Å². The number of nitrogens with zero attached hydrogens (tertiary/aromatic N) is 1. The van der Waals surface area contributed by atoms with Crippen LogP contribution in [0.4, 0.5) is 16.2 Å². The first-order valence-electron chi connectivity index (χ1n) is 7.35. The van der Waals surface area contributed by atoms with Gasteiger partial charge in [-0.2, -0.15) is 4.98 Å². The number of nitrogens with one attached hydrogen (secondary N) is 3. The first-order valence-corrected chi connectivity index (χ1v) is 7.73. The van der Waals surface area contributed by atoms with Crippen LogP contribution < -0.4 is 16.2 Å². The number of anilines is 2. The van der Waals surface area contributed by atoms with Crippen LogP contribution in [0.15, 0.2) is 33.7 Å². The summed E-state index contributed by atoms with van der Waals surface area (Å²) in [6, 6.07) is 3.93. The fourth-order valence-electron chi connectivity index (χ4n) is 2.38. The number of H-pyrrole nitrogens is 1. The summed E-state index contributed by atoms with van der Waals surface area (Å²) in [6.45, 7) is 3.09. The zero-order chi connectivity index (χ0) is 18.1. The van der Waals surface area contributed by atoms with Crippen molar-refractivity contribution in [3.05, 3.63) is 51.2 Å². The van der Waals surface area contributed by atoms with Crippen molar-refractivity contribution in [2.75, 3.05) is 10.6 Å². The summed E-state index contributed by atoms with van der Waals surface area (Å²) in [6.07, 6.45) is 1.28. The molecule has 0 fully saturated rings. The van der Waals surface area contributed by atoms with E-state index in [1.54, 1.807) is 13.0 Å². The third-order valence-corrected chi connectivity index (χ3v) is 3.82. The molecule has 0 aliphatic carbocycles. The number of hydrogen-bond donors (Lipinski definition) is 3. The summed E-state index contributed by atoms with van der Waals surface area (Å²) in [7, 11) is 0. The molecule has 1 atom stereocenters. The Bertz CT molecular complexity index is 1010. The molecule has 0 spiro atoms. The molecule has 2 heterocycles. The molecule has 0 saturated heterocycles. The number of benzene rings is 1. The molecule has 1 unspecified atom stereocenters. The molecular formula is C16H14ClFN4O3. The van der Waals surface area contributed by atoms with Gasteiger partial charge in [0.25, 0.3) is 11.6 Å². The molecule has 3 N–H and O–H groups in total. The number of hydrogen-bond acceptors (Lipinski definition) is 5. The SMILES string of the molecule is CC(=O)Nc1coc(NC(C)c2cc3cc(Cl)c(F)cc3[nH]c2=O)n1. The summed E-state index contributed by atoms with van der Waals surface area (Å²) in [5.74, 6) is -0.617. The Kier molecular flexibility index (Phi) is 4.45. The van der Waals surface area contributed by atoms with Crippen molar-refractivity contribution in [2.24, 2.45) is 0 Å². The lowest BCUT2D eigenvalue weighted by atomic mass is 10.1. The van der Waals surface area contributed by atoms with E-state index in [0.29, 0.717) is 16.5 Å². The molecule has 25 heavy (non-hydrogen) atoms. The number of carbonyl (C=O) groups excluding carboxylic acids is 1. The number of pyridine rings is 1. The van der Waals surface area contributed by atoms with Crippen LogP contribution in [0, 0.1) is 5.82 Å². The predicted octanol–water partition coefficient (Wildman–Crippen LogP) is 3.44. The molecule has 1 amide bonds. The van der Waals surface area contributed by atoms with Crippen LogP contribution in [-0.4, -0.2) is 15.9 Å². The zero-order valence-corrected chi connectivity index (χ0v) is 14.1. The topological polar surface area (TPSA) is 100 Å². The highest BCUT2D eigenvalue weighted by molar-refractivity contribution is 6.31. The van der Waals surface area contributed by atoms with Crippen LogP contribution in [0.2, 0.25) is 5.02 Å². The Morgan fingerprint density at radius 3 is 2.88 bits per heavy atom. The van der Waals surface area contributed by atoms with Gasteiger partial charge >= 0.3 is 0 Å². The lowest BCUT2D eigenvalue weighted by molar-refractivity contribution is -0.114. The van der Waals surface area contributed by atoms with Gasteiger partial charge in [-0.3, -0.25) is 9.59 Å². The molecule has 1 aromatic carbocycles. The Labute approximate surface area is 146 Å². The molecule has 0 saturated carbocycles. The minimum Gasteiger partial charge on any atom is -0.430 e. The highest BCUT2D eigenvalue weighted by Crippen LogP contribution is 2.24. The van der Waals surface area contributed by atoms with Crippen molar-refractivity contribution in [1.29, 1.82) is 0 Å². The van der Waals surface area contributed by atoms with Crippen LogP contribution in [0.25, 0.3) is 10.9 Å². The number of fused-ring (bicyclic) bond motifs is 1. The minimum absolute atomic E-state index is 0.0289. The Morgan fingerprint density at radius 2 is 2.16 bits per heavy atom. The Hall–Kier alpha value is -2.87. The van der Waals surface area contributed by atoms with E-state index in [1.165, 1.54) is 25.3 Å². The lowest BCUT2D eigenvalue weighted by Crippen LogP contribution is -2.19. The number of halogens is 2. The van der Waals surface area contributed by atoms with Crippen molar-refractivity contribution in [3.63, 3.8) is 0 Å². The third-order valence-electron chi connectivity index (χ3n) is 3.53. The average molecular weight is 365 g/mol. The van der Waals surface area contributed by atoms with E-state index in [2.05, 4.69) is 20.6 Å². The molecule has 130 valence electrons. The van der Waals surface area contributed by atoms with Crippen molar-refractivity contribution >= 4 is 40.2 Å². The summed E-state index contributed by atoms with van der Waals surface area (Å²) in [4.78, 5) is 29.9. The molecule has 0 aliphatic rings. The van der Waals surface area contributed by atoms with E-state index >= 15 is 0 Å². The van der Waals surface area contributed by atoms with Gasteiger partial charge < -0.3 is 20.0 Å². The largest absolute Gasteiger partial charge is 0.430 e. The number of amides is 1. The molecule has 3 rings (SSSR count). The number of aromatic amines is 1. The first-order chi connectivity index (χ1) is 11.8. The second kappa shape index (κ2) is 6.56. The zero-order valence-electron chi connectivity index (χ0n) is 13.3. The molecule has 0 aliphatic heterocycles. The summed E-state index contributed by atoms with van der Waals surface area (Å²) in [5, 5.41) is 5.98. The standard InChI is InChI=1S/C16H14ClFN4O3/c1-7(19-16-22-14(6-25-16)20-8(2)23)10-3-9-4-11(17)12(18)5-13(9)21-15(10)24/h3-7H,1-2H3,(H,19,22)(H,20,23)(H,21,24). The summed E-state index contributed by atoms with van der Waals surface area (Å²) < 4.78 is 18.7. The van der Waals surface area contributed by atoms with E-state index in [9.17, 15) is 14.0 Å². The molecule has 0 bridgehead atoms. The Balaban J connectivity index is 1.88. The predicted molar refractivity (Wildman–Crippen MR) is 92.4 cm³/mol. The van der Waals surface area contributed by atoms with E-state index in [0.717, 1.165) is 0 Å². The Morgan fingerprint density at radius 1 is 1.40 bits per heavy atom. The van der Waals surface area contributed by atoms with E-state index < -0.39 is 11.9 Å². The van der Waals surface area contributed by atoms with Crippen molar-refractivity contribution in [2.45, 2.75) is 19.9 Å². The molecule has 9 heteroatoms. The molecular weight excluding hydrogens is 351 g/mol. The van der Waals surface area contributed by atoms with Gasteiger partial charge in [0, 0.05) is 17.9 Å². The number of carbonyl (C=O) groups is 1. The summed E-state index contributed by atoms with van der Waals surface area (Å²) in [5.41, 5.74) is 0.379. The average Bonchev–Trinajstić information content (AvgIpc) is 2.94. The van der Waals surface area contributed by atoms with Gasteiger partial charge in [-0.1, -0.05) is 11.6 Å². The second-order valence-corrected chi connectivity index (χ2v) is 5.90. The fourth-order valence-corrected chi connectivity index (χ4v) is 2.55. The second-order valence-electron chi connectivity index (χ2n) is 5.49. The quantitative estimate of drug-likeness (QED) is 0.658. The number of rotatable bonds is 4. The van der Waals surface area contributed by atoms with Gasteiger partial charge in [0.15, 0.2) is 5.82 Å². The smallest absolute Gasteiger partial charge is 0.297 e.